The number of alkyl carbamates (subject to hydrolysis) is 1. The highest BCUT2D eigenvalue weighted by molar-refractivity contribution is 6.04. The van der Waals surface area contributed by atoms with Crippen LogP contribution in [0.4, 0.5) is 15.5 Å². The molecule has 5 N–H and O–H groups in total. The van der Waals surface area contributed by atoms with E-state index in [4.69, 9.17) is 9.15 Å². The molecule has 1 saturated heterocycles. The fourth-order valence-corrected chi connectivity index (χ4v) is 4.52. The Morgan fingerprint density at radius 3 is 2.72 bits per heavy atom. The number of hydrogen-bond acceptors (Lipinski definition) is 9. The van der Waals surface area contributed by atoms with Gasteiger partial charge in [0.2, 0.25) is 11.9 Å². The summed E-state index contributed by atoms with van der Waals surface area (Å²) in [6.45, 7) is -0.650. The van der Waals surface area contributed by atoms with E-state index in [0.29, 0.717) is 30.1 Å². The van der Waals surface area contributed by atoms with Gasteiger partial charge >= 0.3 is 18.1 Å². The molecule has 4 aromatic rings. The summed E-state index contributed by atoms with van der Waals surface area (Å²) < 4.78 is 10.5. The molecule has 5 amide bonds. The number of carbonyl (C=O) groups is 5. The van der Waals surface area contributed by atoms with Crippen LogP contribution in [0.3, 0.4) is 0 Å². The Hall–Kier alpha value is -5.60. The molecule has 2 aromatic carbocycles. The number of imidazole rings is 1. The van der Waals surface area contributed by atoms with Crippen LogP contribution in [0.5, 0.6) is 0 Å². The third-order valence-electron chi connectivity index (χ3n) is 6.73. The number of benzene rings is 2. The minimum absolute atomic E-state index is 0.160. The van der Waals surface area contributed by atoms with Crippen molar-refractivity contribution in [3.8, 4) is 0 Å². The second kappa shape index (κ2) is 12.9. The molecule has 5 rings (SSSR count). The average molecular weight is 592 g/mol. The average Bonchev–Trinajstić information content (AvgIpc) is 3.68. The normalized spacial score (nSPS) is 13.9. The predicted molar refractivity (Wildman–Crippen MR) is 152 cm³/mol. The van der Waals surface area contributed by atoms with Crippen LogP contribution < -0.4 is 16.0 Å². The maximum atomic E-state index is 12.7. The van der Waals surface area contributed by atoms with Crippen LogP contribution in [-0.4, -0.2) is 93.5 Å². The van der Waals surface area contributed by atoms with E-state index < -0.39 is 49.0 Å². The molecule has 224 valence electrons. The van der Waals surface area contributed by atoms with E-state index in [1.165, 1.54) is 11.2 Å². The summed E-state index contributed by atoms with van der Waals surface area (Å²) in [5.41, 5.74) is 2.93. The van der Waals surface area contributed by atoms with Crippen LogP contribution in [0.1, 0.15) is 12.0 Å². The van der Waals surface area contributed by atoms with E-state index in [2.05, 4.69) is 25.9 Å². The van der Waals surface area contributed by atoms with E-state index in [1.54, 1.807) is 24.3 Å². The Morgan fingerprint density at radius 2 is 1.91 bits per heavy atom. The highest BCUT2D eigenvalue weighted by Crippen LogP contribution is 2.21. The fraction of sp³-hybridized carbons (Fsp3) is 0.286. The number of furan rings is 1. The molecule has 3 heterocycles. The number of carbonyl (C=O) groups excluding carboxylic acids is 4. The number of aromatic amines is 1. The third kappa shape index (κ3) is 7.01. The molecule has 0 spiro atoms. The number of ether oxygens (including phenoxy) is 1. The number of nitrogens with one attached hydrogen (secondary N) is 4. The van der Waals surface area contributed by atoms with Crippen molar-refractivity contribution in [2.45, 2.75) is 19.1 Å². The van der Waals surface area contributed by atoms with Gasteiger partial charge in [-0.25, -0.2) is 19.4 Å². The van der Waals surface area contributed by atoms with Gasteiger partial charge in [0.15, 0.2) is 0 Å². The smallest absolute Gasteiger partial charge is 0.408 e. The number of aromatic nitrogens is 2. The van der Waals surface area contributed by atoms with E-state index in [-0.39, 0.29) is 19.7 Å². The molecule has 1 fully saturated rings. The number of rotatable bonds is 13. The van der Waals surface area contributed by atoms with Gasteiger partial charge in [0, 0.05) is 30.6 Å². The molecular weight excluding hydrogens is 562 g/mol. The first-order valence-corrected chi connectivity index (χ1v) is 13.4. The Kier molecular flexibility index (Phi) is 8.69. The summed E-state index contributed by atoms with van der Waals surface area (Å²) in [6, 6.07) is 12.6. The molecule has 15 nitrogen and oxygen atoms in total. The van der Waals surface area contributed by atoms with E-state index in [1.807, 2.05) is 24.3 Å². The molecule has 0 bridgehead atoms. The Bertz CT molecular complexity index is 1630. The lowest BCUT2D eigenvalue weighted by Crippen LogP contribution is -2.50. The first-order chi connectivity index (χ1) is 20.8. The number of carboxylic acid groups (broad SMARTS) is 1. The summed E-state index contributed by atoms with van der Waals surface area (Å²) in [4.78, 5) is 71.1. The first kappa shape index (κ1) is 28.9. The van der Waals surface area contributed by atoms with Crippen molar-refractivity contribution in [2.75, 3.05) is 38.0 Å². The van der Waals surface area contributed by atoms with Crippen LogP contribution in [0.15, 0.2) is 59.2 Å². The topological polar surface area (TPSA) is 199 Å². The maximum absolute atomic E-state index is 12.7. The van der Waals surface area contributed by atoms with Crippen LogP contribution in [0, 0.1) is 0 Å². The summed E-state index contributed by atoms with van der Waals surface area (Å²) in [7, 11) is 0. The standard InChI is InChI=1S/C28H29N7O8/c36-23(30-12-21(25(38)39)33-27(40)43-16-17-15-42-22-9-4-1-6-18(17)22)13-35-24(37)14-34(28(35)41)11-5-10-29-26-31-19-7-2-3-8-20(19)32-26/h1-4,6-9,15,21H,5,10-14,16H2,(H,30,36)(H,33,40)(H,38,39)(H2,29,31,32). The van der Waals surface area contributed by atoms with Gasteiger partial charge in [0.05, 0.1) is 17.3 Å². The zero-order valence-electron chi connectivity index (χ0n) is 22.9. The van der Waals surface area contributed by atoms with E-state index in [0.717, 1.165) is 21.3 Å². The number of imide groups is 1. The van der Waals surface area contributed by atoms with Gasteiger partial charge in [-0.15, -0.1) is 0 Å². The first-order valence-electron chi connectivity index (χ1n) is 13.4. The van der Waals surface area contributed by atoms with Gasteiger partial charge < -0.3 is 40.1 Å². The van der Waals surface area contributed by atoms with Crippen molar-refractivity contribution in [1.29, 1.82) is 0 Å². The number of amides is 5. The van der Waals surface area contributed by atoms with Gasteiger partial charge in [-0.3, -0.25) is 14.5 Å². The molecule has 15 heteroatoms. The van der Waals surface area contributed by atoms with Crippen LogP contribution in [0.2, 0.25) is 0 Å². The van der Waals surface area contributed by atoms with Crippen molar-refractivity contribution in [3.05, 3.63) is 60.4 Å². The van der Waals surface area contributed by atoms with Gasteiger partial charge in [0.25, 0.3) is 5.91 Å². The summed E-state index contributed by atoms with van der Waals surface area (Å²) in [5, 5.41) is 17.9. The third-order valence-corrected chi connectivity index (χ3v) is 6.73. The highest BCUT2D eigenvalue weighted by Gasteiger charge is 2.36. The molecule has 0 saturated carbocycles. The lowest BCUT2D eigenvalue weighted by atomic mass is 10.2. The number of aliphatic carboxylic acids is 1. The maximum Gasteiger partial charge on any atom is 0.408 e. The minimum atomic E-state index is -1.52. The van der Waals surface area contributed by atoms with Crippen LogP contribution in [0.25, 0.3) is 22.0 Å². The lowest BCUT2D eigenvalue weighted by molar-refractivity contribution is -0.139. The second-order valence-electron chi connectivity index (χ2n) is 9.74. The van der Waals surface area contributed by atoms with Gasteiger partial charge in [-0.05, 0) is 24.6 Å². The zero-order valence-corrected chi connectivity index (χ0v) is 22.9. The molecule has 1 atom stereocenters. The van der Waals surface area contributed by atoms with E-state index >= 15 is 0 Å². The number of nitrogens with zero attached hydrogens (tertiary/aromatic N) is 3. The van der Waals surface area contributed by atoms with Crippen molar-refractivity contribution in [3.63, 3.8) is 0 Å². The number of H-pyrrole nitrogens is 1. The Morgan fingerprint density at radius 1 is 1.12 bits per heavy atom. The summed E-state index contributed by atoms with van der Waals surface area (Å²) in [6.07, 6.45) is 0.950. The van der Waals surface area contributed by atoms with E-state index in [9.17, 15) is 29.1 Å². The zero-order chi connectivity index (χ0) is 30.3. The molecule has 2 aromatic heterocycles. The molecule has 43 heavy (non-hydrogen) atoms. The molecule has 1 aliphatic rings. The van der Waals surface area contributed by atoms with Crippen molar-refractivity contribution in [1.82, 2.24) is 30.4 Å². The Labute approximate surface area is 244 Å². The molecule has 1 aliphatic heterocycles. The summed E-state index contributed by atoms with van der Waals surface area (Å²) >= 11 is 0. The minimum Gasteiger partial charge on any atom is -0.480 e. The van der Waals surface area contributed by atoms with Crippen molar-refractivity contribution < 1.29 is 38.2 Å². The molecule has 1 unspecified atom stereocenters. The van der Waals surface area contributed by atoms with Crippen molar-refractivity contribution in [2.24, 2.45) is 0 Å². The second-order valence-corrected chi connectivity index (χ2v) is 9.74. The number of carboxylic acids is 1. The fourth-order valence-electron chi connectivity index (χ4n) is 4.52. The predicted octanol–water partition coefficient (Wildman–Crippen LogP) is 1.87. The highest BCUT2D eigenvalue weighted by atomic mass is 16.5. The van der Waals surface area contributed by atoms with Crippen LogP contribution in [-0.2, 0) is 25.7 Å². The lowest BCUT2D eigenvalue weighted by Gasteiger charge is -2.18. The Balaban J connectivity index is 1.03. The number of para-hydroxylation sites is 3. The van der Waals surface area contributed by atoms with Gasteiger partial charge in [-0.2, -0.15) is 0 Å². The quantitative estimate of drug-likeness (QED) is 0.113. The van der Waals surface area contributed by atoms with Crippen molar-refractivity contribution >= 4 is 57.9 Å². The SMILES string of the molecule is O=C(CN1C(=O)CN(CCCNc2nc3ccccc3[nH]2)C1=O)NCC(NC(=O)OCc1coc2ccccc12)C(=O)O. The number of urea groups is 1. The summed E-state index contributed by atoms with van der Waals surface area (Å²) in [5.74, 6) is -2.13. The van der Waals surface area contributed by atoms with Crippen LogP contribution >= 0.6 is 0 Å². The number of anilines is 1. The monoisotopic (exact) mass is 591 g/mol. The molecule has 0 aliphatic carbocycles. The number of hydrogen-bond donors (Lipinski definition) is 5. The van der Waals surface area contributed by atoms with Gasteiger partial charge in [0.1, 0.15) is 31.3 Å². The number of fused-ring (bicyclic) bond motifs is 2. The molecule has 0 radical (unpaired) electrons. The van der Waals surface area contributed by atoms with Gasteiger partial charge in [-0.1, -0.05) is 30.3 Å². The molecular formula is C28H29N7O8. The largest absolute Gasteiger partial charge is 0.480 e.